The Hall–Kier alpha value is -2.33. The van der Waals surface area contributed by atoms with Gasteiger partial charge in [-0.3, -0.25) is 4.90 Å². The molecule has 1 saturated heterocycles. The van der Waals surface area contributed by atoms with Gasteiger partial charge in [-0.1, -0.05) is 12.1 Å². The molecule has 2 aromatic rings. The summed E-state index contributed by atoms with van der Waals surface area (Å²) < 4.78 is 39.7. The SMILES string of the molecule is COc1ccc(S(=O)(=O)NC[C@@H](c2ccc3c(c2)CCN3C)N2CCN(C)CC2)cc1OC. The summed E-state index contributed by atoms with van der Waals surface area (Å²) in [6, 6.07) is 11.2. The highest BCUT2D eigenvalue weighted by Crippen LogP contribution is 2.32. The topological polar surface area (TPSA) is 74.4 Å². The summed E-state index contributed by atoms with van der Waals surface area (Å²) in [5.74, 6) is 0.883. The summed E-state index contributed by atoms with van der Waals surface area (Å²) in [4.78, 5) is 7.12. The number of hydrogen-bond donors (Lipinski definition) is 1. The van der Waals surface area contributed by atoms with Crippen molar-refractivity contribution in [2.75, 3.05) is 72.5 Å². The molecule has 9 heteroatoms. The molecule has 0 saturated carbocycles. The first kappa shape index (κ1) is 23.8. The largest absolute Gasteiger partial charge is 0.493 e. The van der Waals surface area contributed by atoms with Gasteiger partial charge in [0.25, 0.3) is 0 Å². The van der Waals surface area contributed by atoms with Crippen molar-refractivity contribution < 1.29 is 17.9 Å². The Morgan fingerprint density at radius 2 is 1.67 bits per heavy atom. The van der Waals surface area contributed by atoms with Crippen LogP contribution in [0.15, 0.2) is 41.3 Å². The maximum absolute atomic E-state index is 13.2. The van der Waals surface area contributed by atoms with Crippen molar-refractivity contribution in [1.82, 2.24) is 14.5 Å². The van der Waals surface area contributed by atoms with E-state index < -0.39 is 10.0 Å². The van der Waals surface area contributed by atoms with Crippen LogP contribution in [0.1, 0.15) is 17.2 Å². The van der Waals surface area contributed by atoms with Crippen molar-refractivity contribution >= 4 is 15.7 Å². The zero-order valence-electron chi connectivity index (χ0n) is 19.9. The third kappa shape index (κ3) is 5.11. The second-order valence-electron chi connectivity index (χ2n) is 8.78. The van der Waals surface area contributed by atoms with Crippen molar-refractivity contribution in [3.05, 3.63) is 47.5 Å². The zero-order chi connectivity index (χ0) is 23.6. The highest BCUT2D eigenvalue weighted by Gasteiger charge is 2.28. The van der Waals surface area contributed by atoms with Crippen molar-refractivity contribution in [3.8, 4) is 11.5 Å². The number of likely N-dealkylation sites (N-methyl/N-ethyl adjacent to an activating group) is 2. The van der Waals surface area contributed by atoms with E-state index in [2.05, 4.69) is 51.7 Å². The Morgan fingerprint density at radius 3 is 2.36 bits per heavy atom. The molecule has 0 amide bonds. The van der Waals surface area contributed by atoms with Crippen LogP contribution < -0.4 is 19.1 Å². The maximum Gasteiger partial charge on any atom is 0.240 e. The number of piperazine rings is 1. The predicted molar refractivity (Wildman–Crippen MR) is 130 cm³/mol. The van der Waals surface area contributed by atoms with Crippen LogP contribution >= 0.6 is 0 Å². The standard InChI is InChI=1S/C24H34N4O4S/c1-26-11-13-28(14-12-26)22(18-5-7-21-19(15-18)9-10-27(21)2)17-25-33(29,30)20-6-8-23(31-3)24(16-20)32-4/h5-8,15-16,22,25H,9-14,17H2,1-4H3/t22-/m0/s1. The number of benzene rings is 2. The molecular formula is C24H34N4O4S. The van der Waals surface area contributed by atoms with Crippen molar-refractivity contribution in [1.29, 1.82) is 0 Å². The smallest absolute Gasteiger partial charge is 0.240 e. The van der Waals surface area contributed by atoms with Gasteiger partial charge in [0, 0.05) is 64.1 Å². The minimum atomic E-state index is -3.72. The molecule has 4 rings (SSSR count). The molecular weight excluding hydrogens is 440 g/mol. The molecule has 2 aliphatic rings. The number of nitrogens with one attached hydrogen (secondary N) is 1. The first-order chi connectivity index (χ1) is 15.8. The van der Waals surface area contributed by atoms with Crippen LogP contribution in [0.3, 0.4) is 0 Å². The second-order valence-corrected chi connectivity index (χ2v) is 10.6. The fraction of sp³-hybridized carbons (Fsp3) is 0.500. The van der Waals surface area contributed by atoms with E-state index in [4.69, 9.17) is 9.47 Å². The van der Waals surface area contributed by atoms with Gasteiger partial charge in [0.05, 0.1) is 19.1 Å². The Kier molecular flexibility index (Phi) is 7.13. The molecule has 2 aliphatic heterocycles. The summed E-state index contributed by atoms with van der Waals surface area (Å²) in [6.07, 6.45) is 1.02. The number of hydrogen-bond acceptors (Lipinski definition) is 7. The summed E-state index contributed by atoms with van der Waals surface area (Å²) in [6.45, 7) is 5.05. The molecule has 1 fully saturated rings. The molecule has 2 heterocycles. The number of anilines is 1. The molecule has 0 spiro atoms. The van der Waals surface area contributed by atoms with Crippen LogP contribution in [0, 0.1) is 0 Å². The fourth-order valence-corrected chi connectivity index (χ4v) is 5.69. The van der Waals surface area contributed by atoms with E-state index in [-0.39, 0.29) is 10.9 Å². The first-order valence-corrected chi connectivity index (χ1v) is 12.8. The first-order valence-electron chi connectivity index (χ1n) is 11.3. The molecule has 8 nitrogen and oxygen atoms in total. The second kappa shape index (κ2) is 9.89. The Morgan fingerprint density at radius 1 is 0.939 bits per heavy atom. The molecule has 1 N–H and O–H groups in total. The number of methoxy groups -OCH3 is 2. The third-order valence-corrected chi connectivity index (χ3v) is 8.15. The monoisotopic (exact) mass is 474 g/mol. The van der Waals surface area contributed by atoms with Gasteiger partial charge in [-0.05, 0) is 42.8 Å². The molecule has 180 valence electrons. The average molecular weight is 475 g/mol. The van der Waals surface area contributed by atoms with E-state index in [1.54, 1.807) is 12.1 Å². The number of rotatable bonds is 8. The lowest BCUT2D eigenvalue weighted by Crippen LogP contribution is -2.48. The van der Waals surface area contributed by atoms with Gasteiger partial charge < -0.3 is 19.3 Å². The van der Waals surface area contributed by atoms with Gasteiger partial charge in [-0.2, -0.15) is 0 Å². The third-order valence-electron chi connectivity index (χ3n) is 6.73. The lowest BCUT2D eigenvalue weighted by molar-refractivity contribution is 0.113. The van der Waals surface area contributed by atoms with Crippen LogP contribution in [0.2, 0.25) is 0 Å². The molecule has 0 aromatic heterocycles. The summed E-state index contributed by atoms with van der Waals surface area (Å²) in [5, 5.41) is 0. The number of fused-ring (bicyclic) bond motifs is 1. The lowest BCUT2D eigenvalue weighted by atomic mass is 10.0. The molecule has 0 unspecified atom stereocenters. The zero-order valence-corrected chi connectivity index (χ0v) is 20.7. The normalized spacial score (nSPS) is 18.2. The number of sulfonamides is 1. The van der Waals surface area contributed by atoms with Crippen LogP contribution in [-0.2, 0) is 16.4 Å². The Balaban J connectivity index is 1.58. The van der Waals surface area contributed by atoms with Gasteiger partial charge >= 0.3 is 0 Å². The highest BCUT2D eigenvalue weighted by molar-refractivity contribution is 7.89. The van der Waals surface area contributed by atoms with E-state index >= 15 is 0 Å². The van der Waals surface area contributed by atoms with Gasteiger partial charge in [-0.15, -0.1) is 0 Å². The minimum Gasteiger partial charge on any atom is -0.493 e. The maximum atomic E-state index is 13.2. The summed E-state index contributed by atoms with van der Waals surface area (Å²) in [5.41, 5.74) is 3.75. The van der Waals surface area contributed by atoms with Gasteiger partial charge in [0.15, 0.2) is 11.5 Å². The van der Waals surface area contributed by atoms with Gasteiger partial charge in [0.1, 0.15) is 0 Å². The minimum absolute atomic E-state index is 0.0372. The lowest BCUT2D eigenvalue weighted by Gasteiger charge is -2.38. The Labute approximate surface area is 197 Å². The molecule has 2 aromatic carbocycles. The summed E-state index contributed by atoms with van der Waals surface area (Å²) >= 11 is 0. The van der Waals surface area contributed by atoms with E-state index in [1.165, 1.54) is 31.5 Å². The van der Waals surface area contributed by atoms with E-state index in [0.29, 0.717) is 18.0 Å². The van der Waals surface area contributed by atoms with Crippen LogP contribution in [0.5, 0.6) is 11.5 Å². The quantitative estimate of drug-likeness (QED) is 0.627. The van der Waals surface area contributed by atoms with Gasteiger partial charge in [-0.25, -0.2) is 13.1 Å². The molecule has 0 bridgehead atoms. The van der Waals surface area contributed by atoms with E-state index in [9.17, 15) is 8.42 Å². The molecule has 0 aliphatic carbocycles. The van der Waals surface area contributed by atoms with Gasteiger partial charge in [0.2, 0.25) is 10.0 Å². The number of ether oxygens (including phenoxy) is 2. The highest BCUT2D eigenvalue weighted by atomic mass is 32.2. The van der Waals surface area contributed by atoms with E-state index in [1.807, 2.05) is 0 Å². The van der Waals surface area contributed by atoms with Crippen molar-refractivity contribution in [2.45, 2.75) is 17.4 Å². The number of nitrogens with zero attached hydrogens (tertiary/aromatic N) is 3. The predicted octanol–water partition coefficient (Wildman–Crippen LogP) is 1.96. The van der Waals surface area contributed by atoms with Crippen molar-refractivity contribution in [3.63, 3.8) is 0 Å². The Bertz CT molecular complexity index is 1080. The molecule has 0 radical (unpaired) electrons. The molecule has 1 atom stereocenters. The summed E-state index contributed by atoms with van der Waals surface area (Å²) in [7, 11) is 3.54. The molecule has 33 heavy (non-hydrogen) atoms. The van der Waals surface area contributed by atoms with E-state index in [0.717, 1.165) is 44.7 Å². The van der Waals surface area contributed by atoms with Crippen LogP contribution in [0.25, 0.3) is 0 Å². The fourth-order valence-electron chi connectivity index (χ4n) is 4.64. The van der Waals surface area contributed by atoms with Crippen LogP contribution in [0.4, 0.5) is 5.69 Å². The van der Waals surface area contributed by atoms with Crippen molar-refractivity contribution in [2.24, 2.45) is 0 Å². The average Bonchev–Trinajstić information content (AvgIpc) is 3.19. The van der Waals surface area contributed by atoms with Crippen LogP contribution in [-0.4, -0.2) is 85.8 Å².